The Hall–Kier alpha value is -3.40. The molecule has 0 aliphatic heterocycles. The maximum absolute atomic E-state index is 13.3. The lowest BCUT2D eigenvalue weighted by molar-refractivity contribution is -0.143. The average Bonchev–Trinajstić information content (AvgIpc) is 3.26. The smallest absolute Gasteiger partial charge is 0.326 e. The molecule has 5 atom stereocenters. The summed E-state index contributed by atoms with van der Waals surface area (Å²) < 4.78 is 0. The van der Waals surface area contributed by atoms with Gasteiger partial charge >= 0.3 is 5.97 Å². The fourth-order valence-electron chi connectivity index (χ4n) is 3.86. The molecule has 0 saturated heterocycles. The standard InChI is InChI=1S/C25H37N5O5/c1-5-14(3)21(29-20(31)12-26)24(33)28-19(23(32)30-22(25(34)35)15(4)6-2)11-16-13-27-18-10-8-7-9-17(16)18/h7-10,13-15,19,21-22,27H,5-6,11-12,26H2,1-4H3,(H,28,33)(H,29,31)(H,30,32)(H,34,35). The highest BCUT2D eigenvalue weighted by Gasteiger charge is 2.33. The molecule has 5 unspecified atom stereocenters. The zero-order chi connectivity index (χ0) is 26.1. The molecule has 7 N–H and O–H groups in total. The molecule has 0 saturated carbocycles. The molecular formula is C25H37N5O5. The first kappa shape index (κ1) is 27.8. The molecule has 1 heterocycles. The number of H-pyrrole nitrogens is 1. The number of aromatic nitrogens is 1. The first-order chi connectivity index (χ1) is 16.6. The summed E-state index contributed by atoms with van der Waals surface area (Å²) in [5.41, 5.74) is 7.08. The van der Waals surface area contributed by atoms with Crippen LogP contribution in [0.3, 0.4) is 0 Å². The van der Waals surface area contributed by atoms with E-state index in [0.717, 1.165) is 16.5 Å². The molecule has 35 heavy (non-hydrogen) atoms. The second-order valence-corrected chi connectivity index (χ2v) is 8.97. The molecule has 10 nitrogen and oxygen atoms in total. The zero-order valence-electron chi connectivity index (χ0n) is 20.8. The molecule has 10 heteroatoms. The number of nitrogens with two attached hydrogens (primary N) is 1. The number of carbonyl (C=O) groups excluding carboxylic acids is 3. The van der Waals surface area contributed by atoms with Gasteiger partial charge < -0.3 is 31.8 Å². The molecule has 0 spiro atoms. The summed E-state index contributed by atoms with van der Waals surface area (Å²) in [5.74, 6) is -3.28. The summed E-state index contributed by atoms with van der Waals surface area (Å²) in [6.45, 7) is 7.02. The Morgan fingerprint density at radius 3 is 2.17 bits per heavy atom. The van der Waals surface area contributed by atoms with Crippen molar-refractivity contribution in [3.63, 3.8) is 0 Å². The van der Waals surface area contributed by atoms with Crippen LogP contribution in [0.1, 0.15) is 46.1 Å². The number of aliphatic carboxylic acids is 1. The Balaban J connectivity index is 2.36. The van der Waals surface area contributed by atoms with E-state index >= 15 is 0 Å². The van der Waals surface area contributed by atoms with Gasteiger partial charge in [-0.05, 0) is 23.5 Å². The van der Waals surface area contributed by atoms with Crippen LogP contribution < -0.4 is 21.7 Å². The van der Waals surface area contributed by atoms with Crippen LogP contribution in [0.15, 0.2) is 30.5 Å². The number of hydrogen-bond acceptors (Lipinski definition) is 5. The van der Waals surface area contributed by atoms with E-state index in [4.69, 9.17) is 5.73 Å². The van der Waals surface area contributed by atoms with Crippen LogP contribution in [0.25, 0.3) is 10.9 Å². The van der Waals surface area contributed by atoms with Gasteiger partial charge in [0.15, 0.2) is 0 Å². The number of fused-ring (bicyclic) bond motifs is 1. The molecule has 2 aromatic rings. The summed E-state index contributed by atoms with van der Waals surface area (Å²) in [6, 6.07) is 4.51. The third-order valence-corrected chi connectivity index (χ3v) is 6.51. The highest BCUT2D eigenvalue weighted by atomic mass is 16.4. The van der Waals surface area contributed by atoms with Crippen molar-refractivity contribution in [3.05, 3.63) is 36.0 Å². The van der Waals surface area contributed by atoms with Gasteiger partial charge in [-0.1, -0.05) is 58.7 Å². The van der Waals surface area contributed by atoms with Crippen LogP contribution in [-0.4, -0.2) is 58.5 Å². The Labute approximate surface area is 205 Å². The Morgan fingerprint density at radius 2 is 1.57 bits per heavy atom. The van der Waals surface area contributed by atoms with Crippen molar-refractivity contribution in [2.75, 3.05) is 6.54 Å². The Kier molecular flexibility index (Phi) is 10.3. The molecule has 0 fully saturated rings. The number of para-hydroxylation sites is 1. The number of rotatable bonds is 13. The maximum Gasteiger partial charge on any atom is 0.326 e. The molecule has 0 bridgehead atoms. The topological polar surface area (TPSA) is 166 Å². The zero-order valence-corrected chi connectivity index (χ0v) is 20.8. The van der Waals surface area contributed by atoms with E-state index in [9.17, 15) is 24.3 Å². The van der Waals surface area contributed by atoms with E-state index in [-0.39, 0.29) is 24.8 Å². The second kappa shape index (κ2) is 12.9. The predicted molar refractivity (Wildman–Crippen MR) is 133 cm³/mol. The first-order valence-corrected chi connectivity index (χ1v) is 12.0. The third-order valence-electron chi connectivity index (χ3n) is 6.51. The second-order valence-electron chi connectivity index (χ2n) is 8.97. The van der Waals surface area contributed by atoms with Gasteiger partial charge in [0.2, 0.25) is 17.7 Å². The lowest BCUT2D eigenvalue weighted by Gasteiger charge is -2.28. The summed E-state index contributed by atoms with van der Waals surface area (Å²) >= 11 is 0. The minimum atomic E-state index is -1.14. The van der Waals surface area contributed by atoms with Crippen LogP contribution >= 0.6 is 0 Å². The fourth-order valence-corrected chi connectivity index (χ4v) is 3.86. The number of carbonyl (C=O) groups is 4. The van der Waals surface area contributed by atoms with E-state index < -0.39 is 41.8 Å². The van der Waals surface area contributed by atoms with Gasteiger partial charge in [-0.15, -0.1) is 0 Å². The summed E-state index contributed by atoms with van der Waals surface area (Å²) in [5, 5.41) is 18.5. The van der Waals surface area contributed by atoms with E-state index in [0.29, 0.717) is 12.8 Å². The normalized spacial score (nSPS) is 15.5. The van der Waals surface area contributed by atoms with Gasteiger partial charge in [0, 0.05) is 23.5 Å². The number of carboxylic acids is 1. The van der Waals surface area contributed by atoms with Crippen molar-refractivity contribution >= 4 is 34.6 Å². The lowest BCUT2D eigenvalue weighted by atomic mass is 9.96. The van der Waals surface area contributed by atoms with Crippen molar-refractivity contribution in [3.8, 4) is 0 Å². The minimum Gasteiger partial charge on any atom is -0.480 e. The van der Waals surface area contributed by atoms with Crippen molar-refractivity contribution < 1.29 is 24.3 Å². The molecule has 1 aromatic heterocycles. The van der Waals surface area contributed by atoms with E-state index in [1.165, 1.54) is 0 Å². The van der Waals surface area contributed by atoms with Gasteiger partial charge in [0.25, 0.3) is 0 Å². The molecule has 0 aliphatic carbocycles. The molecule has 0 aliphatic rings. The van der Waals surface area contributed by atoms with Crippen molar-refractivity contribution in [2.45, 2.75) is 65.1 Å². The van der Waals surface area contributed by atoms with Crippen LogP contribution in [-0.2, 0) is 25.6 Å². The van der Waals surface area contributed by atoms with Gasteiger partial charge in [0.1, 0.15) is 18.1 Å². The SMILES string of the molecule is CCC(C)C(NC(=O)C(Cc1c[nH]c2ccccc12)NC(=O)C(NC(=O)CN)C(C)CC)C(=O)O. The van der Waals surface area contributed by atoms with E-state index in [1.54, 1.807) is 13.1 Å². The van der Waals surface area contributed by atoms with Gasteiger partial charge in [-0.3, -0.25) is 14.4 Å². The third kappa shape index (κ3) is 7.29. The number of aromatic amines is 1. The van der Waals surface area contributed by atoms with E-state index in [1.807, 2.05) is 45.0 Å². The number of nitrogens with one attached hydrogen (secondary N) is 4. The van der Waals surface area contributed by atoms with Crippen LogP contribution in [0.4, 0.5) is 0 Å². The Bertz CT molecular complexity index is 1040. The molecule has 192 valence electrons. The first-order valence-electron chi connectivity index (χ1n) is 12.0. The number of carboxylic acid groups (broad SMARTS) is 1. The quantitative estimate of drug-likeness (QED) is 0.249. The highest BCUT2D eigenvalue weighted by molar-refractivity contribution is 5.94. The number of benzene rings is 1. The van der Waals surface area contributed by atoms with Gasteiger partial charge in [-0.2, -0.15) is 0 Å². The number of amides is 3. The molecule has 2 rings (SSSR count). The largest absolute Gasteiger partial charge is 0.480 e. The average molecular weight is 488 g/mol. The van der Waals surface area contributed by atoms with Gasteiger partial charge in [-0.25, -0.2) is 4.79 Å². The van der Waals surface area contributed by atoms with Crippen LogP contribution in [0.2, 0.25) is 0 Å². The predicted octanol–water partition coefficient (Wildman–Crippen LogP) is 1.30. The lowest BCUT2D eigenvalue weighted by Crippen LogP contribution is -2.58. The minimum absolute atomic E-state index is 0.131. The van der Waals surface area contributed by atoms with Crippen molar-refractivity contribution in [1.82, 2.24) is 20.9 Å². The highest BCUT2D eigenvalue weighted by Crippen LogP contribution is 2.20. The molecule has 3 amide bonds. The monoisotopic (exact) mass is 487 g/mol. The van der Waals surface area contributed by atoms with Gasteiger partial charge in [0.05, 0.1) is 6.54 Å². The van der Waals surface area contributed by atoms with Crippen LogP contribution in [0, 0.1) is 11.8 Å². The van der Waals surface area contributed by atoms with E-state index in [2.05, 4.69) is 20.9 Å². The summed E-state index contributed by atoms with van der Waals surface area (Å²) in [6.07, 6.45) is 3.06. The van der Waals surface area contributed by atoms with Crippen molar-refractivity contribution in [1.29, 1.82) is 0 Å². The fraction of sp³-hybridized carbons (Fsp3) is 0.520. The molecular weight excluding hydrogens is 450 g/mol. The van der Waals surface area contributed by atoms with Crippen molar-refractivity contribution in [2.24, 2.45) is 17.6 Å². The molecule has 0 radical (unpaired) electrons. The Morgan fingerprint density at radius 1 is 0.943 bits per heavy atom. The number of hydrogen-bond donors (Lipinski definition) is 6. The summed E-state index contributed by atoms with van der Waals surface area (Å²) in [7, 11) is 0. The maximum atomic E-state index is 13.3. The molecule has 1 aromatic carbocycles. The van der Waals surface area contributed by atoms with Crippen LogP contribution in [0.5, 0.6) is 0 Å². The summed E-state index contributed by atoms with van der Waals surface area (Å²) in [4.78, 5) is 53.4.